The molecule has 4 heteroatoms. The molecule has 0 aliphatic carbocycles. The Labute approximate surface area is 83.8 Å². The molecule has 0 fully saturated rings. The number of halogens is 1. The molecule has 0 atom stereocenters. The molecule has 2 nitrogen and oxygen atoms in total. The van der Waals surface area contributed by atoms with Gasteiger partial charge in [0, 0.05) is 11.6 Å². The standard InChI is InChI=1S/C8H17BrO2S/c1-8(2,5-4-6-9)7-12(3,10)11/h4-7H2,1-3H3. The molecule has 0 amide bonds. The maximum absolute atomic E-state index is 11.0. The normalized spacial score (nSPS) is 13.3. The quantitative estimate of drug-likeness (QED) is 0.708. The third kappa shape index (κ3) is 7.10. The second kappa shape index (κ2) is 4.61. The van der Waals surface area contributed by atoms with E-state index in [9.17, 15) is 8.42 Å². The summed E-state index contributed by atoms with van der Waals surface area (Å²) >= 11 is 3.33. The Morgan fingerprint density at radius 3 is 2.17 bits per heavy atom. The van der Waals surface area contributed by atoms with Crippen molar-refractivity contribution in [3.05, 3.63) is 0 Å². The first kappa shape index (κ1) is 12.4. The molecule has 0 rings (SSSR count). The van der Waals surface area contributed by atoms with Crippen molar-refractivity contribution < 1.29 is 8.42 Å². The van der Waals surface area contributed by atoms with Gasteiger partial charge >= 0.3 is 0 Å². The van der Waals surface area contributed by atoms with Crippen molar-refractivity contribution in [1.29, 1.82) is 0 Å². The third-order valence-corrected chi connectivity index (χ3v) is 3.51. The van der Waals surface area contributed by atoms with E-state index in [1.54, 1.807) is 0 Å². The summed E-state index contributed by atoms with van der Waals surface area (Å²) in [4.78, 5) is 0. The van der Waals surface area contributed by atoms with Crippen LogP contribution >= 0.6 is 15.9 Å². The van der Waals surface area contributed by atoms with E-state index in [1.807, 2.05) is 13.8 Å². The maximum atomic E-state index is 11.0. The van der Waals surface area contributed by atoms with Gasteiger partial charge in [0.15, 0.2) is 0 Å². The zero-order valence-electron chi connectivity index (χ0n) is 7.93. The smallest absolute Gasteiger partial charge is 0.147 e. The molecule has 0 aromatic carbocycles. The van der Waals surface area contributed by atoms with E-state index in [-0.39, 0.29) is 11.2 Å². The molecule has 0 bridgehead atoms. The second-order valence-corrected chi connectivity index (χ2v) is 6.96. The Morgan fingerprint density at radius 2 is 1.83 bits per heavy atom. The molecule has 74 valence electrons. The van der Waals surface area contributed by atoms with Crippen LogP contribution in [-0.2, 0) is 9.84 Å². The minimum Gasteiger partial charge on any atom is -0.229 e. The van der Waals surface area contributed by atoms with Gasteiger partial charge in [0.1, 0.15) is 9.84 Å². The van der Waals surface area contributed by atoms with Crippen molar-refractivity contribution in [3.63, 3.8) is 0 Å². The van der Waals surface area contributed by atoms with E-state index in [0.29, 0.717) is 0 Å². The first-order valence-electron chi connectivity index (χ1n) is 4.00. The zero-order chi connectivity index (χ0) is 9.83. The van der Waals surface area contributed by atoms with Crippen molar-refractivity contribution in [2.75, 3.05) is 17.3 Å². The molecular formula is C8H17BrO2S. The van der Waals surface area contributed by atoms with Crippen LogP contribution in [0.1, 0.15) is 26.7 Å². The predicted octanol–water partition coefficient (Wildman–Crippen LogP) is 2.23. The number of alkyl halides is 1. The zero-order valence-corrected chi connectivity index (χ0v) is 10.3. The lowest BCUT2D eigenvalue weighted by atomic mass is 9.91. The highest BCUT2D eigenvalue weighted by Crippen LogP contribution is 2.24. The highest BCUT2D eigenvalue weighted by Gasteiger charge is 2.22. The first-order valence-corrected chi connectivity index (χ1v) is 7.19. The molecule has 0 aliphatic rings. The lowest BCUT2D eigenvalue weighted by Crippen LogP contribution is -2.23. The summed E-state index contributed by atoms with van der Waals surface area (Å²) < 4.78 is 22.0. The molecule has 0 unspecified atom stereocenters. The average Bonchev–Trinajstić information content (AvgIpc) is 1.78. The molecule has 0 saturated carbocycles. The van der Waals surface area contributed by atoms with E-state index < -0.39 is 9.84 Å². The molecule has 12 heavy (non-hydrogen) atoms. The van der Waals surface area contributed by atoms with E-state index >= 15 is 0 Å². The lowest BCUT2D eigenvalue weighted by Gasteiger charge is -2.22. The van der Waals surface area contributed by atoms with Crippen LogP contribution in [0.2, 0.25) is 0 Å². The molecule has 0 heterocycles. The third-order valence-electron chi connectivity index (χ3n) is 1.64. The van der Waals surface area contributed by atoms with E-state index in [1.165, 1.54) is 6.26 Å². The van der Waals surface area contributed by atoms with Crippen LogP contribution in [0, 0.1) is 5.41 Å². The highest BCUT2D eigenvalue weighted by atomic mass is 79.9. The predicted molar refractivity (Wildman–Crippen MR) is 56.5 cm³/mol. The van der Waals surface area contributed by atoms with Gasteiger partial charge in [-0.1, -0.05) is 29.8 Å². The summed E-state index contributed by atoms with van der Waals surface area (Å²) in [5.74, 6) is 0.285. The van der Waals surface area contributed by atoms with Crippen molar-refractivity contribution in [3.8, 4) is 0 Å². The number of hydrogen-bond donors (Lipinski definition) is 0. The monoisotopic (exact) mass is 256 g/mol. The van der Waals surface area contributed by atoms with Gasteiger partial charge in [-0.3, -0.25) is 0 Å². The summed E-state index contributed by atoms with van der Waals surface area (Å²) in [6.07, 6.45) is 3.27. The van der Waals surface area contributed by atoms with Crippen LogP contribution in [0.25, 0.3) is 0 Å². The molecule has 0 aromatic rings. The summed E-state index contributed by atoms with van der Waals surface area (Å²) in [5.41, 5.74) is -0.0820. The molecule has 0 saturated heterocycles. The maximum Gasteiger partial charge on any atom is 0.147 e. The highest BCUT2D eigenvalue weighted by molar-refractivity contribution is 9.09. The fourth-order valence-electron chi connectivity index (χ4n) is 1.33. The SMILES string of the molecule is CC(C)(CCCBr)CS(C)(=O)=O. The lowest BCUT2D eigenvalue weighted by molar-refractivity contribution is 0.376. The fraction of sp³-hybridized carbons (Fsp3) is 1.00. The Balaban J connectivity index is 4.04. The largest absolute Gasteiger partial charge is 0.229 e. The van der Waals surface area contributed by atoms with Gasteiger partial charge in [0.05, 0.1) is 5.75 Å². The van der Waals surface area contributed by atoms with Crippen LogP contribution in [-0.4, -0.2) is 25.8 Å². The van der Waals surface area contributed by atoms with E-state index in [4.69, 9.17) is 0 Å². The summed E-state index contributed by atoms with van der Waals surface area (Å²) in [7, 11) is -2.83. The summed E-state index contributed by atoms with van der Waals surface area (Å²) in [6, 6.07) is 0. The Kier molecular flexibility index (Phi) is 4.77. The van der Waals surface area contributed by atoms with Gasteiger partial charge in [0.2, 0.25) is 0 Å². The minimum atomic E-state index is -2.83. The van der Waals surface area contributed by atoms with Gasteiger partial charge in [-0.25, -0.2) is 8.42 Å². The molecule has 0 N–H and O–H groups in total. The van der Waals surface area contributed by atoms with Crippen molar-refractivity contribution in [2.45, 2.75) is 26.7 Å². The van der Waals surface area contributed by atoms with Gasteiger partial charge in [0.25, 0.3) is 0 Å². The minimum absolute atomic E-state index is 0.0820. The molecule has 0 spiro atoms. The van der Waals surface area contributed by atoms with Crippen molar-refractivity contribution in [2.24, 2.45) is 5.41 Å². The number of sulfone groups is 1. The Hall–Kier alpha value is 0.430. The van der Waals surface area contributed by atoms with E-state index in [2.05, 4.69) is 15.9 Å². The molecular weight excluding hydrogens is 240 g/mol. The van der Waals surface area contributed by atoms with Crippen molar-refractivity contribution >= 4 is 25.8 Å². The van der Waals surface area contributed by atoms with Crippen LogP contribution < -0.4 is 0 Å². The molecule has 0 aliphatic heterocycles. The Morgan fingerprint density at radius 1 is 1.33 bits per heavy atom. The van der Waals surface area contributed by atoms with Crippen LogP contribution in [0.4, 0.5) is 0 Å². The van der Waals surface area contributed by atoms with Gasteiger partial charge in [-0.2, -0.15) is 0 Å². The Bertz CT molecular complexity index is 219. The van der Waals surface area contributed by atoms with Gasteiger partial charge in [-0.15, -0.1) is 0 Å². The average molecular weight is 257 g/mol. The number of hydrogen-bond acceptors (Lipinski definition) is 2. The second-order valence-electron chi connectivity index (χ2n) is 4.03. The van der Waals surface area contributed by atoms with Crippen LogP contribution in [0.15, 0.2) is 0 Å². The fourth-order valence-corrected chi connectivity index (χ4v) is 3.17. The first-order chi connectivity index (χ1) is 5.27. The van der Waals surface area contributed by atoms with Crippen molar-refractivity contribution in [1.82, 2.24) is 0 Å². The summed E-state index contributed by atoms with van der Waals surface area (Å²) in [5, 5.41) is 0.945. The molecule has 0 aromatic heterocycles. The topological polar surface area (TPSA) is 34.1 Å². The molecule has 0 radical (unpaired) electrons. The van der Waals surface area contributed by atoms with E-state index in [0.717, 1.165) is 18.2 Å². The van der Waals surface area contributed by atoms with Gasteiger partial charge in [-0.05, 0) is 18.3 Å². The van der Waals surface area contributed by atoms with Crippen LogP contribution in [0.3, 0.4) is 0 Å². The summed E-state index contributed by atoms with van der Waals surface area (Å²) in [6.45, 7) is 3.99. The van der Waals surface area contributed by atoms with Crippen LogP contribution in [0.5, 0.6) is 0 Å². The van der Waals surface area contributed by atoms with Gasteiger partial charge < -0.3 is 0 Å². The number of rotatable bonds is 5.